The second-order valence-corrected chi connectivity index (χ2v) is 7.19. The van der Waals surface area contributed by atoms with Gasteiger partial charge in [-0.3, -0.25) is 9.89 Å². The third kappa shape index (κ3) is 5.25. The fraction of sp³-hybridized carbons (Fsp3) is 0.524. The van der Waals surface area contributed by atoms with Crippen LogP contribution in [0.15, 0.2) is 24.3 Å². The maximum absolute atomic E-state index is 12.3. The molecule has 1 saturated carbocycles. The number of benzene rings is 1. The van der Waals surface area contributed by atoms with Crippen LogP contribution in [0.25, 0.3) is 0 Å². The molecule has 2 N–H and O–H groups in total. The number of methoxy groups -OCH3 is 2. The van der Waals surface area contributed by atoms with Crippen LogP contribution < -0.4 is 14.8 Å². The summed E-state index contributed by atoms with van der Waals surface area (Å²) >= 11 is 0. The Morgan fingerprint density at radius 3 is 2.78 bits per heavy atom. The van der Waals surface area contributed by atoms with Gasteiger partial charge in [0.15, 0.2) is 17.3 Å². The predicted octanol–water partition coefficient (Wildman–Crippen LogP) is 4.12. The molecule has 2 aromatic rings. The number of hydrogen-bond acceptors (Lipinski definition) is 4. The quantitative estimate of drug-likeness (QED) is 0.732. The molecule has 0 saturated heterocycles. The zero-order valence-electron chi connectivity index (χ0n) is 16.2. The lowest BCUT2D eigenvalue weighted by atomic mass is 9.86. The van der Waals surface area contributed by atoms with Gasteiger partial charge >= 0.3 is 0 Å². The highest BCUT2D eigenvalue weighted by molar-refractivity contribution is 5.89. The van der Waals surface area contributed by atoms with Gasteiger partial charge in [-0.05, 0) is 30.4 Å². The Morgan fingerprint density at radius 1 is 1.22 bits per heavy atom. The summed E-state index contributed by atoms with van der Waals surface area (Å²) in [5, 5.41) is 10.2. The number of H-pyrrole nitrogens is 1. The monoisotopic (exact) mass is 371 g/mol. The number of nitrogens with zero attached hydrogens (tertiary/aromatic N) is 1. The van der Waals surface area contributed by atoms with Gasteiger partial charge in [0.25, 0.3) is 0 Å². The Morgan fingerprint density at radius 2 is 2.04 bits per heavy atom. The number of anilines is 1. The first-order chi connectivity index (χ1) is 13.2. The van der Waals surface area contributed by atoms with Crippen molar-refractivity contribution >= 4 is 11.7 Å². The van der Waals surface area contributed by atoms with Gasteiger partial charge < -0.3 is 14.8 Å². The molecule has 146 valence electrons. The lowest BCUT2D eigenvalue weighted by Crippen LogP contribution is -2.13. The maximum Gasteiger partial charge on any atom is 0.225 e. The number of carbonyl (C=O) groups is 1. The smallest absolute Gasteiger partial charge is 0.225 e. The molecule has 1 aliphatic carbocycles. The van der Waals surface area contributed by atoms with E-state index in [0.717, 1.165) is 23.6 Å². The molecule has 1 aromatic heterocycles. The van der Waals surface area contributed by atoms with Crippen molar-refractivity contribution in [2.24, 2.45) is 5.92 Å². The number of aromatic amines is 1. The highest BCUT2D eigenvalue weighted by Gasteiger charge is 2.16. The number of ether oxygens (including phenoxy) is 2. The molecule has 0 radical (unpaired) electrons. The molecule has 0 bridgehead atoms. The van der Waals surface area contributed by atoms with E-state index in [1.807, 2.05) is 24.3 Å². The van der Waals surface area contributed by atoms with Gasteiger partial charge in [-0.2, -0.15) is 5.10 Å². The number of hydrogen-bond donors (Lipinski definition) is 2. The van der Waals surface area contributed by atoms with Gasteiger partial charge in [0.05, 0.1) is 14.2 Å². The molecular weight excluding hydrogens is 342 g/mol. The topological polar surface area (TPSA) is 76.2 Å². The van der Waals surface area contributed by atoms with Crippen molar-refractivity contribution in [2.45, 2.75) is 51.4 Å². The standard InChI is InChI=1S/C21H29N3O3/c1-26-18-10-6-9-16(21(18)27-2)11-12-20(25)22-19-14-17(23-24-19)13-15-7-4-3-5-8-15/h6,9-10,14-15H,3-5,7-8,11-13H2,1-2H3,(H2,22,23,24,25). The first-order valence-corrected chi connectivity index (χ1v) is 9.73. The Labute approximate surface area is 160 Å². The van der Waals surface area contributed by atoms with E-state index in [4.69, 9.17) is 9.47 Å². The van der Waals surface area contributed by atoms with Crippen molar-refractivity contribution < 1.29 is 14.3 Å². The molecule has 1 aromatic carbocycles. The summed E-state index contributed by atoms with van der Waals surface area (Å²) in [6.07, 6.45) is 8.56. The summed E-state index contributed by atoms with van der Waals surface area (Å²) in [5.74, 6) is 2.64. The normalized spacial score (nSPS) is 14.7. The van der Waals surface area contributed by atoms with Gasteiger partial charge in [0.1, 0.15) is 0 Å². The van der Waals surface area contributed by atoms with Gasteiger partial charge in [0, 0.05) is 18.2 Å². The Balaban J connectivity index is 1.51. The Hall–Kier alpha value is -2.50. The summed E-state index contributed by atoms with van der Waals surface area (Å²) in [4.78, 5) is 12.3. The van der Waals surface area contributed by atoms with Gasteiger partial charge in [0.2, 0.25) is 5.91 Å². The Bertz CT molecular complexity index is 751. The van der Waals surface area contributed by atoms with Crippen molar-refractivity contribution in [2.75, 3.05) is 19.5 Å². The summed E-state index contributed by atoms with van der Waals surface area (Å²) in [6.45, 7) is 0. The summed E-state index contributed by atoms with van der Waals surface area (Å²) in [6, 6.07) is 7.66. The van der Waals surface area contributed by atoms with Crippen LogP contribution in [-0.2, 0) is 17.6 Å². The molecule has 0 spiro atoms. The van der Waals surface area contributed by atoms with Crippen LogP contribution in [0.1, 0.15) is 49.8 Å². The lowest BCUT2D eigenvalue weighted by Gasteiger charge is -2.20. The molecule has 1 heterocycles. The number of rotatable bonds is 8. The zero-order chi connectivity index (χ0) is 19.1. The molecule has 0 atom stereocenters. The van der Waals surface area contributed by atoms with Crippen molar-refractivity contribution in [3.63, 3.8) is 0 Å². The van der Waals surface area contributed by atoms with E-state index in [1.54, 1.807) is 14.2 Å². The first-order valence-electron chi connectivity index (χ1n) is 9.73. The van der Waals surface area contributed by atoms with E-state index in [9.17, 15) is 4.79 Å². The predicted molar refractivity (Wildman–Crippen MR) is 105 cm³/mol. The minimum absolute atomic E-state index is 0.0596. The van der Waals surface area contributed by atoms with Crippen LogP contribution in [0, 0.1) is 5.92 Å². The van der Waals surface area contributed by atoms with E-state index in [-0.39, 0.29) is 5.91 Å². The molecule has 6 nitrogen and oxygen atoms in total. The van der Waals surface area contributed by atoms with Gasteiger partial charge in [-0.1, -0.05) is 44.2 Å². The number of nitrogens with one attached hydrogen (secondary N) is 2. The van der Waals surface area contributed by atoms with E-state index < -0.39 is 0 Å². The second-order valence-electron chi connectivity index (χ2n) is 7.19. The molecule has 1 fully saturated rings. The molecule has 27 heavy (non-hydrogen) atoms. The molecule has 0 aliphatic heterocycles. The van der Waals surface area contributed by atoms with Crippen LogP contribution in [0.4, 0.5) is 5.82 Å². The Kier molecular flexibility index (Phi) is 6.74. The van der Waals surface area contributed by atoms with Crippen molar-refractivity contribution in [1.82, 2.24) is 10.2 Å². The molecule has 1 amide bonds. The number of aryl methyl sites for hydroxylation is 1. The maximum atomic E-state index is 12.3. The first kappa shape index (κ1) is 19.3. The lowest BCUT2D eigenvalue weighted by molar-refractivity contribution is -0.116. The zero-order valence-corrected chi connectivity index (χ0v) is 16.2. The van der Waals surface area contributed by atoms with Crippen LogP contribution >= 0.6 is 0 Å². The van der Waals surface area contributed by atoms with Gasteiger partial charge in [-0.15, -0.1) is 0 Å². The number of carbonyl (C=O) groups excluding carboxylic acids is 1. The average Bonchev–Trinajstić information content (AvgIpc) is 3.13. The number of aromatic nitrogens is 2. The third-order valence-electron chi connectivity index (χ3n) is 5.24. The molecular formula is C21H29N3O3. The fourth-order valence-corrected chi connectivity index (χ4v) is 3.84. The highest BCUT2D eigenvalue weighted by atomic mass is 16.5. The van der Waals surface area contributed by atoms with Crippen LogP contribution in [-0.4, -0.2) is 30.3 Å². The molecule has 0 unspecified atom stereocenters. The second kappa shape index (κ2) is 9.44. The minimum Gasteiger partial charge on any atom is -0.493 e. The minimum atomic E-state index is -0.0596. The molecule has 3 rings (SSSR count). The highest BCUT2D eigenvalue weighted by Crippen LogP contribution is 2.31. The summed E-state index contributed by atoms with van der Waals surface area (Å²) in [5.41, 5.74) is 2.05. The van der Waals surface area contributed by atoms with E-state index in [2.05, 4.69) is 15.5 Å². The summed E-state index contributed by atoms with van der Waals surface area (Å²) < 4.78 is 10.7. The molecule has 6 heteroatoms. The van der Waals surface area contributed by atoms with Crippen molar-refractivity contribution in [1.29, 1.82) is 0 Å². The fourth-order valence-electron chi connectivity index (χ4n) is 3.84. The SMILES string of the molecule is COc1cccc(CCC(=O)Nc2cc(CC3CCCCC3)[nH]n2)c1OC. The average molecular weight is 371 g/mol. The van der Waals surface area contributed by atoms with Crippen LogP contribution in [0.2, 0.25) is 0 Å². The number of amides is 1. The van der Waals surface area contributed by atoms with E-state index >= 15 is 0 Å². The third-order valence-corrected chi connectivity index (χ3v) is 5.24. The largest absolute Gasteiger partial charge is 0.493 e. The molecule has 1 aliphatic rings. The van der Waals surface area contributed by atoms with Gasteiger partial charge in [-0.25, -0.2) is 0 Å². The van der Waals surface area contributed by atoms with Crippen molar-refractivity contribution in [3.05, 3.63) is 35.5 Å². The summed E-state index contributed by atoms with van der Waals surface area (Å²) in [7, 11) is 3.22. The van der Waals surface area contributed by atoms with Crippen LogP contribution in [0.3, 0.4) is 0 Å². The number of para-hydroxylation sites is 1. The van der Waals surface area contributed by atoms with Crippen molar-refractivity contribution in [3.8, 4) is 11.5 Å². The van der Waals surface area contributed by atoms with E-state index in [1.165, 1.54) is 32.1 Å². The van der Waals surface area contributed by atoms with E-state index in [0.29, 0.717) is 30.2 Å². The van der Waals surface area contributed by atoms with Crippen LogP contribution in [0.5, 0.6) is 11.5 Å².